The van der Waals surface area contributed by atoms with Crippen molar-refractivity contribution in [3.63, 3.8) is 0 Å². The van der Waals surface area contributed by atoms with Gasteiger partial charge in [-0.1, -0.05) is 18.3 Å². The van der Waals surface area contributed by atoms with Gasteiger partial charge < -0.3 is 10.8 Å². The molecule has 0 unspecified atom stereocenters. The average Bonchev–Trinajstić information content (AvgIpc) is 2.42. The molecule has 3 N–H and O–H groups in total. The molecule has 1 aromatic carbocycles. The van der Waals surface area contributed by atoms with Gasteiger partial charge in [0, 0.05) is 11.8 Å². The van der Waals surface area contributed by atoms with Gasteiger partial charge in [0.1, 0.15) is 11.1 Å². The molecule has 0 heterocycles. The summed E-state index contributed by atoms with van der Waals surface area (Å²) < 4.78 is 0. The van der Waals surface area contributed by atoms with Crippen molar-refractivity contribution in [3.8, 4) is 6.07 Å². The van der Waals surface area contributed by atoms with Crippen molar-refractivity contribution in [2.24, 2.45) is 5.73 Å². The summed E-state index contributed by atoms with van der Waals surface area (Å²) in [7, 11) is 0. The van der Waals surface area contributed by atoms with Crippen LogP contribution in [0.4, 0.5) is 5.69 Å². The molecular weight excluding hydrogens is 298 g/mol. The molecule has 0 aliphatic carbocycles. The molecule has 0 saturated carbocycles. The van der Waals surface area contributed by atoms with E-state index in [-0.39, 0.29) is 22.9 Å². The number of aliphatic hydroxyl groups excluding tert-OH is 1. The number of aliphatic hydroxyl groups is 1. The molecule has 1 rings (SSSR count). The van der Waals surface area contributed by atoms with Gasteiger partial charge in [0.25, 0.3) is 5.69 Å². The van der Waals surface area contributed by atoms with Crippen LogP contribution in [0.5, 0.6) is 0 Å². The molecule has 0 atom stereocenters. The number of thiocarbonyl (C=S) groups is 1. The Bertz CT molecular complexity index is 608. The van der Waals surface area contributed by atoms with E-state index in [0.29, 0.717) is 16.2 Å². The van der Waals surface area contributed by atoms with Crippen LogP contribution in [-0.4, -0.2) is 27.4 Å². The first-order valence-electron chi connectivity index (χ1n) is 5.43. The Kier molecular flexibility index (Phi) is 6.11. The molecule has 0 radical (unpaired) electrons. The zero-order valence-electron chi connectivity index (χ0n) is 10.3. The summed E-state index contributed by atoms with van der Waals surface area (Å²) in [5, 5.41) is 28.6. The Morgan fingerprint density at radius 2 is 2.35 bits per heavy atom. The van der Waals surface area contributed by atoms with Gasteiger partial charge in [-0.2, -0.15) is 5.26 Å². The molecule has 1 aromatic rings. The van der Waals surface area contributed by atoms with E-state index in [4.69, 9.17) is 28.3 Å². The van der Waals surface area contributed by atoms with Crippen LogP contribution in [-0.2, 0) is 0 Å². The minimum atomic E-state index is -0.510. The summed E-state index contributed by atoms with van der Waals surface area (Å²) in [4.78, 5) is 10.9. The lowest BCUT2D eigenvalue weighted by atomic mass is 10.1. The van der Waals surface area contributed by atoms with Crippen LogP contribution < -0.4 is 5.73 Å². The standard InChI is InChI=1S/C12H11N3O3S2/c13-7-9(12(14)19)5-8-1-2-11(20-4-3-16)10(6-8)15(17)18/h1-2,5-6,16H,3-4H2,(H2,14,19). The zero-order chi connectivity index (χ0) is 15.1. The number of thioether (sulfide) groups is 1. The van der Waals surface area contributed by atoms with Gasteiger partial charge in [-0.3, -0.25) is 10.1 Å². The maximum absolute atomic E-state index is 11.0. The lowest BCUT2D eigenvalue weighted by molar-refractivity contribution is -0.387. The average molecular weight is 309 g/mol. The summed E-state index contributed by atoms with van der Waals surface area (Å²) in [6, 6.07) is 6.37. The molecule has 20 heavy (non-hydrogen) atoms. The summed E-state index contributed by atoms with van der Waals surface area (Å²) in [5.74, 6) is 0.367. The monoisotopic (exact) mass is 309 g/mol. The second-order valence-electron chi connectivity index (χ2n) is 3.59. The Labute approximate surface area is 125 Å². The Hall–Kier alpha value is -1.95. The SMILES string of the molecule is N#CC(=Cc1ccc(SCCO)c([N+](=O)[O-])c1)C(N)=S. The van der Waals surface area contributed by atoms with Crippen LogP contribution in [0.2, 0.25) is 0 Å². The van der Waals surface area contributed by atoms with Crippen molar-refractivity contribution in [3.05, 3.63) is 39.4 Å². The third kappa shape index (κ3) is 4.31. The molecular formula is C12H11N3O3S2. The first kappa shape index (κ1) is 16.1. The minimum Gasteiger partial charge on any atom is -0.396 e. The van der Waals surface area contributed by atoms with Crippen LogP contribution in [0.1, 0.15) is 5.56 Å². The van der Waals surface area contributed by atoms with Crippen molar-refractivity contribution < 1.29 is 10.0 Å². The van der Waals surface area contributed by atoms with Crippen LogP contribution >= 0.6 is 24.0 Å². The second kappa shape index (κ2) is 7.59. The number of hydrogen-bond donors (Lipinski definition) is 2. The number of nitriles is 1. The summed E-state index contributed by atoms with van der Waals surface area (Å²) in [6.07, 6.45) is 1.40. The fourth-order valence-corrected chi connectivity index (χ4v) is 2.23. The lowest BCUT2D eigenvalue weighted by Crippen LogP contribution is -2.09. The van der Waals surface area contributed by atoms with E-state index in [1.165, 1.54) is 23.9 Å². The minimum absolute atomic E-state index is 0.0612. The number of rotatable bonds is 6. The van der Waals surface area contributed by atoms with Crippen molar-refractivity contribution in [1.82, 2.24) is 0 Å². The predicted octanol–water partition coefficient (Wildman–Crippen LogP) is 1.87. The summed E-state index contributed by atoms with van der Waals surface area (Å²) in [5.41, 5.74) is 5.83. The molecule has 0 saturated heterocycles. The Morgan fingerprint density at radius 3 is 2.85 bits per heavy atom. The Balaban J connectivity index is 3.20. The molecule has 0 spiro atoms. The van der Waals surface area contributed by atoms with E-state index >= 15 is 0 Å². The van der Waals surface area contributed by atoms with Gasteiger partial charge in [-0.05, 0) is 17.7 Å². The van der Waals surface area contributed by atoms with Crippen molar-refractivity contribution >= 4 is 40.7 Å². The molecule has 0 fully saturated rings. The van der Waals surface area contributed by atoms with E-state index < -0.39 is 4.92 Å². The normalized spacial score (nSPS) is 10.9. The maximum atomic E-state index is 11.0. The quantitative estimate of drug-likeness (QED) is 0.206. The van der Waals surface area contributed by atoms with Crippen molar-refractivity contribution in [1.29, 1.82) is 5.26 Å². The van der Waals surface area contributed by atoms with Crippen LogP contribution in [0.15, 0.2) is 28.7 Å². The lowest BCUT2D eigenvalue weighted by Gasteiger charge is -2.03. The van der Waals surface area contributed by atoms with Gasteiger partial charge >= 0.3 is 0 Å². The van der Waals surface area contributed by atoms with Crippen LogP contribution in [0, 0.1) is 21.4 Å². The second-order valence-corrected chi connectivity index (χ2v) is 5.17. The van der Waals surface area contributed by atoms with Crippen LogP contribution in [0.3, 0.4) is 0 Å². The van der Waals surface area contributed by atoms with Gasteiger partial charge in [0.15, 0.2) is 0 Å². The Morgan fingerprint density at radius 1 is 1.65 bits per heavy atom. The maximum Gasteiger partial charge on any atom is 0.283 e. The van der Waals surface area contributed by atoms with Gasteiger partial charge in [0.05, 0.1) is 22.0 Å². The van der Waals surface area contributed by atoms with Gasteiger partial charge in [-0.15, -0.1) is 11.8 Å². The van der Waals surface area contributed by atoms with E-state index in [9.17, 15) is 10.1 Å². The number of nitrogens with two attached hydrogens (primary N) is 1. The molecule has 0 bridgehead atoms. The number of hydrogen-bond acceptors (Lipinski definition) is 6. The highest BCUT2D eigenvalue weighted by Gasteiger charge is 2.14. The molecule has 0 amide bonds. The van der Waals surface area contributed by atoms with E-state index in [2.05, 4.69) is 0 Å². The third-order valence-corrected chi connectivity index (χ3v) is 3.49. The molecule has 104 valence electrons. The smallest absolute Gasteiger partial charge is 0.283 e. The first-order chi connectivity index (χ1) is 9.49. The highest BCUT2D eigenvalue weighted by atomic mass is 32.2. The van der Waals surface area contributed by atoms with E-state index in [1.807, 2.05) is 6.07 Å². The van der Waals surface area contributed by atoms with E-state index in [0.717, 1.165) is 0 Å². The topological polar surface area (TPSA) is 113 Å². The van der Waals surface area contributed by atoms with Gasteiger partial charge in [-0.25, -0.2) is 0 Å². The molecule has 0 aliphatic heterocycles. The largest absolute Gasteiger partial charge is 0.396 e. The third-order valence-electron chi connectivity index (χ3n) is 2.23. The highest BCUT2D eigenvalue weighted by Crippen LogP contribution is 2.30. The predicted molar refractivity (Wildman–Crippen MR) is 81.3 cm³/mol. The highest BCUT2D eigenvalue weighted by molar-refractivity contribution is 7.99. The van der Waals surface area contributed by atoms with Crippen molar-refractivity contribution in [2.45, 2.75) is 4.90 Å². The van der Waals surface area contributed by atoms with Gasteiger partial charge in [0.2, 0.25) is 0 Å². The first-order valence-corrected chi connectivity index (χ1v) is 6.82. The van der Waals surface area contributed by atoms with Crippen molar-refractivity contribution in [2.75, 3.05) is 12.4 Å². The fourth-order valence-electron chi connectivity index (χ4n) is 1.37. The molecule has 0 aromatic heterocycles. The van der Waals surface area contributed by atoms with E-state index in [1.54, 1.807) is 12.1 Å². The molecule has 0 aliphatic rings. The summed E-state index contributed by atoms with van der Waals surface area (Å²) in [6.45, 7) is -0.0660. The number of nitro groups is 1. The number of nitrogens with zero attached hydrogens (tertiary/aromatic N) is 2. The zero-order valence-corrected chi connectivity index (χ0v) is 11.9. The van der Waals surface area contributed by atoms with Crippen LogP contribution in [0.25, 0.3) is 6.08 Å². The number of benzene rings is 1. The molecule has 8 heteroatoms. The number of nitro benzene ring substituents is 1. The fraction of sp³-hybridized carbons (Fsp3) is 0.167. The molecule has 6 nitrogen and oxygen atoms in total. The summed E-state index contributed by atoms with van der Waals surface area (Å²) >= 11 is 5.89.